The van der Waals surface area contributed by atoms with Gasteiger partial charge in [0.15, 0.2) is 0 Å². The number of ether oxygens (including phenoxy) is 1. The maximum atomic E-state index is 11.9. The van der Waals surface area contributed by atoms with Crippen LogP contribution in [0.1, 0.15) is 11.7 Å². The van der Waals surface area contributed by atoms with E-state index in [0.29, 0.717) is 11.4 Å². The number of anilines is 1. The van der Waals surface area contributed by atoms with Gasteiger partial charge in [0.25, 0.3) is 0 Å². The van der Waals surface area contributed by atoms with Crippen molar-refractivity contribution >= 4 is 23.5 Å². The lowest BCUT2D eigenvalue weighted by molar-refractivity contribution is 0.175. The molecule has 5 nitrogen and oxygen atoms in total. The van der Waals surface area contributed by atoms with Crippen molar-refractivity contribution in [1.29, 1.82) is 0 Å². The molecule has 2 rings (SSSR count). The van der Waals surface area contributed by atoms with Crippen LogP contribution in [0.4, 0.5) is 10.5 Å². The quantitative estimate of drug-likeness (QED) is 0.710. The lowest BCUT2D eigenvalue weighted by Gasteiger charge is -2.13. The lowest BCUT2D eigenvalue weighted by atomic mass is 10.1. The third kappa shape index (κ3) is 5.19. The van der Waals surface area contributed by atoms with Crippen molar-refractivity contribution in [3.8, 4) is 5.75 Å². The van der Waals surface area contributed by atoms with Crippen LogP contribution in [0.5, 0.6) is 5.75 Å². The van der Waals surface area contributed by atoms with Crippen LogP contribution < -0.4 is 15.4 Å². The molecule has 0 spiro atoms. The Bertz CT molecular complexity index is 647. The minimum absolute atomic E-state index is 0.133. The normalized spacial score (nSPS) is 11.6. The van der Waals surface area contributed by atoms with Gasteiger partial charge < -0.3 is 20.5 Å². The van der Waals surface area contributed by atoms with Crippen LogP contribution in [0.3, 0.4) is 0 Å². The average molecular weight is 332 g/mol. The van der Waals surface area contributed by atoms with Gasteiger partial charge in [0.2, 0.25) is 0 Å². The van der Waals surface area contributed by atoms with Gasteiger partial charge in [0, 0.05) is 23.2 Å². The van der Waals surface area contributed by atoms with Crippen LogP contribution in [-0.2, 0) is 0 Å². The zero-order valence-corrected chi connectivity index (χ0v) is 13.9. The van der Waals surface area contributed by atoms with Crippen molar-refractivity contribution in [2.24, 2.45) is 0 Å². The van der Waals surface area contributed by atoms with E-state index < -0.39 is 6.10 Å². The molecule has 0 saturated carbocycles. The summed E-state index contributed by atoms with van der Waals surface area (Å²) in [7, 11) is 1.57. The first-order valence-electron chi connectivity index (χ1n) is 7.13. The maximum Gasteiger partial charge on any atom is 0.319 e. The average Bonchev–Trinajstić information content (AvgIpc) is 2.60. The van der Waals surface area contributed by atoms with Gasteiger partial charge in [0.05, 0.1) is 13.2 Å². The highest BCUT2D eigenvalue weighted by atomic mass is 32.2. The molecular formula is C17H20N2O3S. The Morgan fingerprint density at radius 3 is 2.65 bits per heavy atom. The van der Waals surface area contributed by atoms with Gasteiger partial charge >= 0.3 is 6.03 Å². The van der Waals surface area contributed by atoms with Gasteiger partial charge in [-0.1, -0.05) is 18.2 Å². The van der Waals surface area contributed by atoms with Crippen LogP contribution in [0, 0.1) is 0 Å². The fourth-order valence-electron chi connectivity index (χ4n) is 2.01. The molecule has 0 bridgehead atoms. The van der Waals surface area contributed by atoms with Crippen LogP contribution >= 0.6 is 11.8 Å². The van der Waals surface area contributed by atoms with E-state index in [4.69, 9.17) is 4.74 Å². The Kier molecular flexibility index (Phi) is 6.31. The van der Waals surface area contributed by atoms with E-state index >= 15 is 0 Å². The summed E-state index contributed by atoms with van der Waals surface area (Å²) >= 11 is 1.64. The van der Waals surface area contributed by atoms with Crippen molar-refractivity contribution in [2.75, 3.05) is 25.2 Å². The van der Waals surface area contributed by atoms with E-state index in [9.17, 15) is 9.90 Å². The lowest BCUT2D eigenvalue weighted by Crippen LogP contribution is -2.32. The summed E-state index contributed by atoms with van der Waals surface area (Å²) in [4.78, 5) is 13.0. The van der Waals surface area contributed by atoms with E-state index in [0.717, 1.165) is 10.5 Å². The van der Waals surface area contributed by atoms with Crippen LogP contribution in [0.15, 0.2) is 53.4 Å². The molecule has 2 aromatic rings. The number of nitrogens with one attached hydrogen (secondary N) is 2. The summed E-state index contributed by atoms with van der Waals surface area (Å²) in [6.07, 6.45) is 1.25. The number of thioether (sulfide) groups is 1. The molecule has 3 N–H and O–H groups in total. The molecule has 0 aliphatic heterocycles. The second-order valence-electron chi connectivity index (χ2n) is 4.86. The monoisotopic (exact) mass is 332 g/mol. The van der Waals surface area contributed by atoms with Crippen molar-refractivity contribution in [1.82, 2.24) is 5.32 Å². The van der Waals surface area contributed by atoms with Crippen molar-refractivity contribution in [3.05, 3.63) is 54.1 Å². The van der Waals surface area contributed by atoms with Crippen LogP contribution in [0.2, 0.25) is 0 Å². The van der Waals surface area contributed by atoms with Gasteiger partial charge in [-0.15, -0.1) is 11.8 Å². The Morgan fingerprint density at radius 2 is 2.00 bits per heavy atom. The number of aliphatic hydroxyl groups excluding tert-OH is 1. The number of rotatable bonds is 6. The van der Waals surface area contributed by atoms with Crippen LogP contribution in [0.25, 0.3) is 0 Å². The largest absolute Gasteiger partial charge is 0.497 e. The molecule has 23 heavy (non-hydrogen) atoms. The van der Waals surface area contributed by atoms with Crippen LogP contribution in [-0.4, -0.2) is 31.0 Å². The number of benzene rings is 2. The summed E-state index contributed by atoms with van der Waals surface area (Å²) in [5, 5.41) is 15.5. The summed E-state index contributed by atoms with van der Waals surface area (Å²) in [6, 6.07) is 14.3. The highest BCUT2D eigenvalue weighted by Crippen LogP contribution is 2.19. The Morgan fingerprint density at radius 1 is 1.26 bits per heavy atom. The minimum Gasteiger partial charge on any atom is -0.497 e. The summed E-state index contributed by atoms with van der Waals surface area (Å²) in [5.74, 6) is 0.664. The fourth-order valence-corrected chi connectivity index (χ4v) is 2.42. The third-order valence-corrected chi connectivity index (χ3v) is 4.03. The molecular weight excluding hydrogens is 312 g/mol. The van der Waals surface area contributed by atoms with E-state index in [1.807, 2.05) is 30.5 Å². The first-order chi connectivity index (χ1) is 11.1. The third-order valence-electron chi connectivity index (χ3n) is 3.28. The Balaban J connectivity index is 1.85. The van der Waals surface area contributed by atoms with E-state index in [1.54, 1.807) is 43.1 Å². The van der Waals surface area contributed by atoms with E-state index in [-0.39, 0.29) is 12.6 Å². The number of carbonyl (C=O) groups excluding carboxylic acids is 1. The summed E-state index contributed by atoms with van der Waals surface area (Å²) in [5.41, 5.74) is 1.39. The fraction of sp³-hybridized carbons (Fsp3) is 0.235. The highest BCUT2D eigenvalue weighted by molar-refractivity contribution is 7.98. The maximum absolute atomic E-state index is 11.9. The number of urea groups is 1. The molecule has 122 valence electrons. The number of carbonyl (C=O) groups is 1. The van der Waals surface area contributed by atoms with E-state index in [2.05, 4.69) is 10.6 Å². The van der Waals surface area contributed by atoms with Gasteiger partial charge in [-0.05, 0) is 36.1 Å². The highest BCUT2D eigenvalue weighted by Gasteiger charge is 2.10. The minimum atomic E-state index is -0.748. The zero-order valence-electron chi connectivity index (χ0n) is 13.1. The van der Waals surface area contributed by atoms with E-state index in [1.165, 1.54) is 0 Å². The molecule has 0 radical (unpaired) electrons. The smallest absolute Gasteiger partial charge is 0.319 e. The molecule has 0 heterocycles. The molecule has 6 heteroatoms. The molecule has 0 fully saturated rings. The van der Waals surface area contributed by atoms with Gasteiger partial charge in [0.1, 0.15) is 5.75 Å². The number of hydrogen-bond donors (Lipinski definition) is 3. The van der Waals surface area contributed by atoms with Gasteiger partial charge in [-0.25, -0.2) is 4.79 Å². The molecule has 0 saturated heterocycles. The molecule has 2 amide bonds. The van der Waals surface area contributed by atoms with Gasteiger partial charge in [-0.3, -0.25) is 0 Å². The topological polar surface area (TPSA) is 70.6 Å². The van der Waals surface area contributed by atoms with Crippen molar-refractivity contribution < 1.29 is 14.6 Å². The zero-order chi connectivity index (χ0) is 16.7. The number of aliphatic hydroxyl groups is 1. The predicted octanol–water partition coefficient (Wildman–Crippen LogP) is 3.27. The molecule has 0 aromatic heterocycles. The molecule has 2 aromatic carbocycles. The van der Waals surface area contributed by atoms with Crippen molar-refractivity contribution in [3.63, 3.8) is 0 Å². The first kappa shape index (κ1) is 17.2. The Hall–Kier alpha value is -2.18. The van der Waals surface area contributed by atoms with Gasteiger partial charge in [-0.2, -0.15) is 0 Å². The molecule has 0 aliphatic carbocycles. The van der Waals surface area contributed by atoms with Crippen molar-refractivity contribution in [2.45, 2.75) is 11.0 Å². The standard InChI is InChI=1S/C17H20N2O3S/c1-22-14-5-3-4-13(10-14)19-17(21)18-11-16(20)12-6-8-15(23-2)9-7-12/h3-10,16,20H,11H2,1-2H3,(H2,18,19,21). The summed E-state index contributed by atoms with van der Waals surface area (Å²) in [6.45, 7) is 0.133. The second kappa shape index (κ2) is 8.45. The first-order valence-corrected chi connectivity index (χ1v) is 8.36. The predicted molar refractivity (Wildman–Crippen MR) is 93.2 cm³/mol. The number of hydrogen-bond acceptors (Lipinski definition) is 4. The second-order valence-corrected chi connectivity index (χ2v) is 5.74. The summed E-state index contributed by atoms with van der Waals surface area (Å²) < 4.78 is 5.10. The molecule has 0 aliphatic rings. The number of methoxy groups -OCH3 is 1. The number of amides is 2. The SMILES string of the molecule is COc1cccc(NC(=O)NCC(O)c2ccc(SC)cc2)c1. The Labute approximate surface area is 140 Å². The molecule has 1 atom stereocenters. The molecule has 1 unspecified atom stereocenters.